The van der Waals surface area contributed by atoms with E-state index < -0.39 is 0 Å². The molecule has 0 aliphatic rings. The van der Waals surface area contributed by atoms with Gasteiger partial charge in [0.15, 0.2) is 23.3 Å². The van der Waals surface area contributed by atoms with Crippen LogP contribution < -0.4 is 0 Å². The van der Waals surface area contributed by atoms with Crippen LogP contribution in [0.3, 0.4) is 0 Å². The van der Waals surface area contributed by atoms with Gasteiger partial charge in [-0.2, -0.15) is 5.26 Å². The maximum atomic E-state index is 9.84. The first-order valence-electron chi connectivity index (χ1n) is 19.7. The summed E-state index contributed by atoms with van der Waals surface area (Å²) in [5.41, 5.74) is 12.9. The van der Waals surface area contributed by atoms with E-state index in [-0.39, 0.29) is 0 Å². The Kier molecular flexibility index (Phi) is 9.51. The van der Waals surface area contributed by atoms with Gasteiger partial charge in [-0.15, -0.1) is 0 Å². The van der Waals surface area contributed by atoms with E-state index in [0.717, 1.165) is 77.8 Å². The summed E-state index contributed by atoms with van der Waals surface area (Å²) < 4.78 is 0. The summed E-state index contributed by atoms with van der Waals surface area (Å²) in [6.07, 6.45) is 0. The van der Waals surface area contributed by atoms with Gasteiger partial charge in [0.25, 0.3) is 0 Å². The van der Waals surface area contributed by atoms with Crippen LogP contribution in [0.1, 0.15) is 5.56 Å². The fourth-order valence-electron chi connectivity index (χ4n) is 7.66. The Labute approximate surface area is 347 Å². The Morgan fingerprint density at radius 2 is 0.750 bits per heavy atom. The largest absolute Gasteiger partial charge is 0.228 e. The van der Waals surface area contributed by atoms with E-state index in [1.54, 1.807) is 0 Å². The highest BCUT2D eigenvalue weighted by Crippen LogP contribution is 2.36. The number of rotatable bonds is 8. The number of benzene rings is 8. The van der Waals surface area contributed by atoms with Gasteiger partial charge >= 0.3 is 0 Å². The number of aromatic nitrogens is 5. The zero-order valence-corrected chi connectivity index (χ0v) is 32.3. The van der Waals surface area contributed by atoms with Crippen LogP contribution in [0.5, 0.6) is 0 Å². The zero-order chi connectivity index (χ0) is 40.3. The van der Waals surface area contributed by atoms with E-state index in [9.17, 15) is 5.26 Å². The van der Waals surface area contributed by atoms with Crippen LogP contribution in [-0.4, -0.2) is 24.9 Å². The van der Waals surface area contributed by atoms with Gasteiger partial charge < -0.3 is 0 Å². The molecule has 0 spiro atoms. The molecule has 280 valence electrons. The van der Waals surface area contributed by atoms with Crippen molar-refractivity contribution in [2.75, 3.05) is 0 Å². The number of nitrogens with zero attached hydrogens (tertiary/aromatic N) is 6. The first-order chi connectivity index (χ1) is 29.7. The Morgan fingerprint density at radius 3 is 1.45 bits per heavy atom. The number of hydrogen-bond acceptors (Lipinski definition) is 6. The highest BCUT2D eigenvalue weighted by molar-refractivity contribution is 5.94. The second-order valence-corrected chi connectivity index (χ2v) is 14.4. The smallest absolute Gasteiger partial charge is 0.164 e. The highest BCUT2D eigenvalue weighted by Gasteiger charge is 2.18. The molecule has 6 nitrogen and oxygen atoms in total. The molecule has 10 rings (SSSR count). The molecular weight excluding hydrogens is 733 g/mol. The molecule has 0 saturated carbocycles. The van der Waals surface area contributed by atoms with Crippen LogP contribution in [0, 0.1) is 11.3 Å². The van der Waals surface area contributed by atoms with Crippen molar-refractivity contribution in [3.8, 4) is 96.3 Å². The molecule has 0 aliphatic carbocycles. The van der Waals surface area contributed by atoms with Crippen molar-refractivity contribution >= 4 is 10.9 Å². The second-order valence-electron chi connectivity index (χ2n) is 14.4. The van der Waals surface area contributed by atoms with Gasteiger partial charge in [-0.3, -0.25) is 0 Å². The highest BCUT2D eigenvalue weighted by atomic mass is 15.0. The minimum absolute atomic E-state index is 0.543. The van der Waals surface area contributed by atoms with Crippen LogP contribution in [0.2, 0.25) is 0 Å². The molecule has 0 N–H and O–H groups in total. The van der Waals surface area contributed by atoms with Gasteiger partial charge in [0.05, 0.1) is 22.8 Å². The summed E-state index contributed by atoms with van der Waals surface area (Å²) in [7, 11) is 0. The molecule has 8 aromatic carbocycles. The van der Waals surface area contributed by atoms with Crippen molar-refractivity contribution in [1.82, 2.24) is 24.9 Å². The van der Waals surface area contributed by atoms with Gasteiger partial charge in [-0.1, -0.05) is 176 Å². The number of nitriles is 1. The molecule has 6 heteroatoms. The molecule has 0 radical (unpaired) electrons. The molecule has 10 aromatic rings. The lowest BCUT2D eigenvalue weighted by atomic mass is 9.95. The van der Waals surface area contributed by atoms with Crippen LogP contribution in [0.4, 0.5) is 0 Å². The molecule has 2 aromatic heterocycles. The first-order valence-corrected chi connectivity index (χ1v) is 19.7. The van der Waals surface area contributed by atoms with E-state index in [4.69, 9.17) is 24.9 Å². The Morgan fingerprint density at radius 1 is 0.300 bits per heavy atom. The van der Waals surface area contributed by atoms with E-state index >= 15 is 0 Å². The SMILES string of the molecule is N#Cc1ccccc1-c1cccc(-c2nc(-c3ccccc3)nc(-c3ccccc3-c3cccc(-c4cccc(-c5nc(-c6ccccc6)c6ccccc6n5)c4)c3)n2)c1. The molecule has 0 fully saturated rings. The van der Waals surface area contributed by atoms with Crippen LogP contribution in [-0.2, 0) is 0 Å². The molecule has 0 atom stereocenters. The van der Waals surface area contributed by atoms with Crippen molar-refractivity contribution in [3.63, 3.8) is 0 Å². The Balaban J connectivity index is 1.05. The van der Waals surface area contributed by atoms with Crippen LogP contribution in [0.25, 0.3) is 101 Å². The molecule has 0 aliphatic heterocycles. The van der Waals surface area contributed by atoms with Gasteiger partial charge in [0.2, 0.25) is 0 Å². The average molecular weight is 767 g/mol. The quantitative estimate of drug-likeness (QED) is 0.153. The lowest BCUT2D eigenvalue weighted by Gasteiger charge is -2.14. The fourth-order valence-corrected chi connectivity index (χ4v) is 7.66. The summed E-state index contributed by atoms with van der Waals surface area (Å²) in [5, 5.41) is 10.9. The summed E-state index contributed by atoms with van der Waals surface area (Å²) in [5.74, 6) is 2.36. The third-order valence-electron chi connectivity index (χ3n) is 10.6. The Hall–Kier alpha value is -8.40. The summed E-state index contributed by atoms with van der Waals surface area (Å²) in [6, 6.07) is 71.6. The van der Waals surface area contributed by atoms with E-state index in [0.29, 0.717) is 28.9 Å². The van der Waals surface area contributed by atoms with Gasteiger partial charge in [0, 0.05) is 33.2 Å². The van der Waals surface area contributed by atoms with E-state index in [2.05, 4.69) is 84.9 Å². The Bertz CT molecular complexity index is 3230. The molecule has 2 heterocycles. The minimum atomic E-state index is 0.543. The van der Waals surface area contributed by atoms with Crippen molar-refractivity contribution in [2.24, 2.45) is 0 Å². The standard InChI is InChI=1S/C54H34N6/c55-35-44-20-7-8-27-45(44)40-23-15-26-43(34-40)53-58-51(37-18-5-2-6-19-37)59-54(60-53)47-29-10-9-28-46(47)41-24-13-21-38(32-41)39-22-14-25-42(33-39)52-56-49-31-12-11-30-48(49)50(57-52)36-16-3-1-4-17-36/h1-34H. The molecule has 0 amide bonds. The zero-order valence-electron chi connectivity index (χ0n) is 32.3. The monoisotopic (exact) mass is 766 g/mol. The second kappa shape index (κ2) is 15.9. The molecule has 0 bridgehead atoms. The predicted octanol–water partition coefficient (Wildman–Crippen LogP) is 13.0. The number of hydrogen-bond donors (Lipinski definition) is 0. The topological polar surface area (TPSA) is 88.2 Å². The van der Waals surface area contributed by atoms with Crippen molar-refractivity contribution in [2.45, 2.75) is 0 Å². The van der Waals surface area contributed by atoms with Crippen LogP contribution in [0.15, 0.2) is 206 Å². The number of para-hydroxylation sites is 1. The average Bonchev–Trinajstić information content (AvgIpc) is 3.34. The first kappa shape index (κ1) is 36.0. The van der Waals surface area contributed by atoms with E-state index in [1.807, 2.05) is 127 Å². The summed E-state index contributed by atoms with van der Waals surface area (Å²) >= 11 is 0. The van der Waals surface area contributed by atoms with Crippen molar-refractivity contribution < 1.29 is 0 Å². The molecule has 0 unspecified atom stereocenters. The summed E-state index contributed by atoms with van der Waals surface area (Å²) in [4.78, 5) is 25.4. The molecule has 0 saturated heterocycles. The van der Waals surface area contributed by atoms with Crippen molar-refractivity contribution in [1.29, 1.82) is 5.26 Å². The van der Waals surface area contributed by atoms with E-state index in [1.165, 1.54) is 0 Å². The van der Waals surface area contributed by atoms with Gasteiger partial charge in [0.1, 0.15) is 0 Å². The van der Waals surface area contributed by atoms with Crippen LogP contribution >= 0.6 is 0 Å². The third kappa shape index (κ3) is 7.08. The maximum Gasteiger partial charge on any atom is 0.164 e. The summed E-state index contributed by atoms with van der Waals surface area (Å²) in [6.45, 7) is 0. The lowest BCUT2D eigenvalue weighted by molar-refractivity contribution is 1.07. The van der Waals surface area contributed by atoms with Gasteiger partial charge in [-0.25, -0.2) is 24.9 Å². The van der Waals surface area contributed by atoms with Gasteiger partial charge in [-0.05, 0) is 63.7 Å². The third-order valence-corrected chi connectivity index (χ3v) is 10.6. The minimum Gasteiger partial charge on any atom is -0.228 e. The predicted molar refractivity (Wildman–Crippen MR) is 241 cm³/mol. The van der Waals surface area contributed by atoms with Crippen molar-refractivity contribution in [3.05, 3.63) is 212 Å². The maximum absolute atomic E-state index is 9.84. The number of fused-ring (bicyclic) bond motifs is 1. The molecule has 60 heavy (non-hydrogen) atoms. The normalized spacial score (nSPS) is 11.0. The molecular formula is C54H34N6. The fraction of sp³-hybridized carbons (Fsp3) is 0. The lowest BCUT2D eigenvalue weighted by Crippen LogP contribution is -2.01.